The van der Waals surface area contributed by atoms with Crippen LogP contribution in [-0.4, -0.2) is 13.4 Å². The van der Waals surface area contributed by atoms with Crippen LogP contribution in [0.5, 0.6) is 0 Å². The molecule has 1 aromatic heterocycles. The number of hydrogen-bond donors (Lipinski definition) is 2. The van der Waals surface area contributed by atoms with Gasteiger partial charge in [-0.3, -0.25) is 9.71 Å². The van der Waals surface area contributed by atoms with Gasteiger partial charge in [-0.15, -0.1) is 0 Å². The predicted molar refractivity (Wildman–Crippen MR) is 78.7 cm³/mol. The summed E-state index contributed by atoms with van der Waals surface area (Å²) in [4.78, 5) is 4.07. The Morgan fingerprint density at radius 1 is 1.30 bits per heavy atom. The van der Waals surface area contributed by atoms with Crippen LogP contribution < -0.4 is 10.5 Å². The van der Waals surface area contributed by atoms with Crippen LogP contribution in [-0.2, 0) is 10.0 Å². The highest BCUT2D eigenvalue weighted by Gasteiger charge is 2.15. The van der Waals surface area contributed by atoms with Crippen molar-refractivity contribution in [1.29, 1.82) is 0 Å². The third-order valence-electron chi connectivity index (χ3n) is 2.95. The molecule has 20 heavy (non-hydrogen) atoms. The van der Waals surface area contributed by atoms with Gasteiger partial charge < -0.3 is 5.73 Å². The van der Waals surface area contributed by atoms with Crippen LogP contribution in [0.25, 0.3) is 0 Å². The summed E-state index contributed by atoms with van der Waals surface area (Å²) >= 11 is 0. The Kier molecular flexibility index (Phi) is 4.36. The van der Waals surface area contributed by atoms with E-state index in [2.05, 4.69) is 9.71 Å². The third kappa shape index (κ3) is 3.34. The summed E-state index contributed by atoms with van der Waals surface area (Å²) < 4.78 is 27.1. The smallest absolute Gasteiger partial charge is 0.261 e. The van der Waals surface area contributed by atoms with E-state index >= 15 is 0 Å². The molecule has 0 amide bonds. The molecule has 1 heterocycles. The number of hydrogen-bond acceptors (Lipinski definition) is 4. The van der Waals surface area contributed by atoms with Crippen molar-refractivity contribution in [3.8, 4) is 0 Å². The molecule has 106 valence electrons. The molecule has 0 aliphatic rings. The monoisotopic (exact) mass is 291 g/mol. The normalized spacial score (nSPS) is 12.9. The first-order valence-corrected chi connectivity index (χ1v) is 7.79. The average Bonchev–Trinajstić information content (AvgIpc) is 2.47. The summed E-state index contributed by atoms with van der Waals surface area (Å²) in [6.07, 6.45) is 3.79. The first kappa shape index (κ1) is 14.5. The van der Waals surface area contributed by atoms with Gasteiger partial charge in [0.1, 0.15) is 0 Å². The molecule has 0 spiro atoms. The SMILES string of the molecule is CCC(N)c1cccc(S(=O)(=O)Nc2cccnc2)c1. The van der Waals surface area contributed by atoms with E-state index in [1.54, 1.807) is 36.5 Å². The molecule has 0 aliphatic heterocycles. The fourth-order valence-corrected chi connectivity index (χ4v) is 2.88. The number of sulfonamides is 1. The maximum Gasteiger partial charge on any atom is 0.261 e. The van der Waals surface area contributed by atoms with E-state index in [4.69, 9.17) is 5.73 Å². The van der Waals surface area contributed by atoms with E-state index < -0.39 is 10.0 Å². The molecule has 5 nitrogen and oxygen atoms in total. The lowest BCUT2D eigenvalue weighted by atomic mass is 10.1. The minimum absolute atomic E-state index is 0.163. The molecule has 0 saturated heterocycles. The number of nitrogens with zero attached hydrogens (tertiary/aromatic N) is 1. The molecule has 0 saturated carbocycles. The van der Waals surface area contributed by atoms with Crippen LogP contribution >= 0.6 is 0 Å². The van der Waals surface area contributed by atoms with Crippen LogP contribution in [0.3, 0.4) is 0 Å². The van der Waals surface area contributed by atoms with Gasteiger partial charge in [-0.25, -0.2) is 8.42 Å². The largest absolute Gasteiger partial charge is 0.324 e. The summed E-state index contributed by atoms with van der Waals surface area (Å²) in [5, 5.41) is 0. The minimum atomic E-state index is -3.62. The molecule has 6 heteroatoms. The van der Waals surface area contributed by atoms with Gasteiger partial charge in [-0.05, 0) is 36.2 Å². The highest BCUT2D eigenvalue weighted by molar-refractivity contribution is 7.92. The van der Waals surface area contributed by atoms with E-state index in [9.17, 15) is 8.42 Å². The molecule has 3 N–H and O–H groups in total. The topological polar surface area (TPSA) is 85.1 Å². The van der Waals surface area contributed by atoms with Gasteiger partial charge in [0, 0.05) is 12.2 Å². The quantitative estimate of drug-likeness (QED) is 0.885. The Morgan fingerprint density at radius 2 is 2.10 bits per heavy atom. The van der Waals surface area contributed by atoms with Crippen molar-refractivity contribution in [2.24, 2.45) is 5.73 Å². The van der Waals surface area contributed by atoms with Gasteiger partial charge in [0.05, 0.1) is 16.8 Å². The lowest BCUT2D eigenvalue weighted by molar-refractivity contribution is 0.600. The first-order valence-electron chi connectivity index (χ1n) is 6.31. The van der Waals surface area contributed by atoms with Crippen molar-refractivity contribution < 1.29 is 8.42 Å². The number of aromatic nitrogens is 1. The Bertz CT molecular complexity index is 672. The van der Waals surface area contributed by atoms with Crippen molar-refractivity contribution >= 4 is 15.7 Å². The molecule has 1 aromatic carbocycles. The zero-order chi connectivity index (χ0) is 14.6. The van der Waals surface area contributed by atoms with E-state index in [1.807, 2.05) is 13.0 Å². The minimum Gasteiger partial charge on any atom is -0.324 e. The number of anilines is 1. The lowest BCUT2D eigenvalue weighted by Crippen LogP contribution is -2.15. The van der Waals surface area contributed by atoms with Crippen LogP contribution in [0.15, 0.2) is 53.7 Å². The van der Waals surface area contributed by atoms with E-state index in [-0.39, 0.29) is 10.9 Å². The fraction of sp³-hybridized carbons (Fsp3) is 0.214. The Labute approximate surface area is 118 Å². The molecule has 0 aliphatic carbocycles. The van der Waals surface area contributed by atoms with Crippen molar-refractivity contribution in [2.45, 2.75) is 24.3 Å². The molecular formula is C14H17N3O2S. The number of nitrogens with two attached hydrogens (primary N) is 1. The molecule has 1 unspecified atom stereocenters. The van der Waals surface area contributed by atoms with Crippen LogP contribution in [0.2, 0.25) is 0 Å². The van der Waals surface area contributed by atoms with Gasteiger partial charge in [-0.1, -0.05) is 19.1 Å². The first-order chi connectivity index (χ1) is 9.53. The summed E-state index contributed by atoms with van der Waals surface area (Å²) in [5.74, 6) is 0. The van der Waals surface area contributed by atoms with Crippen LogP contribution in [0, 0.1) is 0 Å². The number of pyridine rings is 1. The van der Waals surface area contributed by atoms with E-state index in [0.717, 1.165) is 12.0 Å². The van der Waals surface area contributed by atoms with Gasteiger partial charge in [-0.2, -0.15) is 0 Å². The summed E-state index contributed by atoms with van der Waals surface area (Å²) in [6.45, 7) is 1.96. The van der Waals surface area contributed by atoms with Crippen LogP contribution in [0.4, 0.5) is 5.69 Å². The van der Waals surface area contributed by atoms with E-state index in [0.29, 0.717) is 5.69 Å². The molecule has 0 bridgehead atoms. The number of benzene rings is 1. The fourth-order valence-electron chi connectivity index (χ4n) is 1.79. The second-order valence-electron chi connectivity index (χ2n) is 4.43. The van der Waals surface area contributed by atoms with Crippen molar-refractivity contribution in [2.75, 3.05) is 4.72 Å². The summed E-state index contributed by atoms with van der Waals surface area (Å²) in [7, 11) is -3.62. The number of nitrogens with one attached hydrogen (secondary N) is 1. The molecule has 0 fully saturated rings. The number of rotatable bonds is 5. The second kappa shape index (κ2) is 6.02. The van der Waals surface area contributed by atoms with Gasteiger partial charge in [0.2, 0.25) is 0 Å². The summed E-state index contributed by atoms with van der Waals surface area (Å²) in [6, 6.07) is 9.83. The second-order valence-corrected chi connectivity index (χ2v) is 6.12. The molecule has 0 radical (unpaired) electrons. The van der Waals surface area contributed by atoms with E-state index in [1.165, 1.54) is 6.20 Å². The highest BCUT2D eigenvalue weighted by Crippen LogP contribution is 2.20. The Morgan fingerprint density at radius 3 is 2.75 bits per heavy atom. The average molecular weight is 291 g/mol. The molecule has 1 atom stereocenters. The van der Waals surface area contributed by atoms with Gasteiger partial charge in [0.25, 0.3) is 10.0 Å². The molecule has 2 aromatic rings. The summed E-state index contributed by atoms with van der Waals surface area (Å²) in [5.41, 5.74) is 7.17. The van der Waals surface area contributed by atoms with Crippen molar-refractivity contribution in [3.05, 3.63) is 54.4 Å². The third-order valence-corrected chi connectivity index (χ3v) is 4.33. The van der Waals surface area contributed by atoms with Gasteiger partial charge in [0.15, 0.2) is 0 Å². The lowest BCUT2D eigenvalue weighted by Gasteiger charge is -2.12. The zero-order valence-electron chi connectivity index (χ0n) is 11.2. The zero-order valence-corrected chi connectivity index (χ0v) is 12.0. The van der Waals surface area contributed by atoms with Crippen LogP contribution in [0.1, 0.15) is 24.9 Å². The van der Waals surface area contributed by atoms with Crippen molar-refractivity contribution in [3.63, 3.8) is 0 Å². The van der Waals surface area contributed by atoms with Gasteiger partial charge >= 0.3 is 0 Å². The molecular weight excluding hydrogens is 274 g/mol. The predicted octanol–water partition coefficient (Wildman–Crippen LogP) is 2.29. The Balaban J connectivity index is 2.30. The molecule has 2 rings (SSSR count). The van der Waals surface area contributed by atoms with Crippen molar-refractivity contribution in [1.82, 2.24) is 4.98 Å². The maximum atomic E-state index is 12.3. The Hall–Kier alpha value is -1.92. The maximum absolute atomic E-state index is 12.3. The highest BCUT2D eigenvalue weighted by atomic mass is 32.2. The standard InChI is InChI=1S/C14H17N3O2S/c1-2-14(15)11-5-3-7-13(9-11)20(18,19)17-12-6-4-8-16-10-12/h3-10,14,17H,2,15H2,1H3.